The van der Waals surface area contributed by atoms with Gasteiger partial charge in [0.05, 0.1) is 5.69 Å². The van der Waals surface area contributed by atoms with Gasteiger partial charge in [-0.2, -0.15) is 13.1 Å². The lowest BCUT2D eigenvalue weighted by Crippen LogP contribution is -2.46. The third kappa shape index (κ3) is 4.07. The molecule has 0 amide bonds. The predicted octanol–water partition coefficient (Wildman–Crippen LogP) is 3.25. The molecular weight excluding hydrogens is 435 g/mol. The van der Waals surface area contributed by atoms with Crippen molar-refractivity contribution in [3.63, 3.8) is 0 Å². The van der Waals surface area contributed by atoms with Crippen LogP contribution in [0.25, 0.3) is 0 Å². The Morgan fingerprint density at radius 2 is 1.97 bits per heavy atom. The van der Waals surface area contributed by atoms with Gasteiger partial charge < -0.3 is 4.42 Å². The number of halogens is 1. The van der Waals surface area contributed by atoms with Crippen LogP contribution >= 0.6 is 0 Å². The molecule has 2 N–H and O–H groups in total. The van der Waals surface area contributed by atoms with Crippen LogP contribution in [0, 0.1) is 19.7 Å². The number of fused-ring (bicyclic) bond motifs is 1. The first kappa shape index (κ1) is 22.2. The van der Waals surface area contributed by atoms with Crippen molar-refractivity contribution in [1.29, 1.82) is 0 Å². The Balaban J connectivity index is 1.76. The van der Waals surface area contributed by atoms with Gasteiger partial charge in [-0.1, -0.05) is 31.2 Å². The molecule has 0 saturated heterocycles. The third-order valence-corrected chi connectivity index (χ3v) is 7.55. The molecule has 4 rings (SSSR count). The maximum atomic E-state index is 14.8. The molecule has 1 aliphatic rings. The molecule has 1 aliphatic heterocycles. The number of aromatic nitrogens is 2. The molecule has 2 aromatic carbocycles. The zero-order valence-corrected chi connectivity index (χ0v) is 18.9. The topological polar surface area (TPSA) is 108 Å². The summed E-state index contributed by atoms with van der Waals surface area (Å²) in [4.78, 5) is 11.6. The van der Waals surface area contributed by atoms with Crippen molar-refractivity contribution in [2.45, 2.75) is 45.6 Å². The van der Waals surface area contributed by atoms with Crippen molar-refractivity contribution in [3.05, 3.63) is 80.9 Å². The lowest BCUT2D eigenvalue weighted by Gasteiger charge is -2.33. The van der Waals surface area contributed by atoms with Crippen molar-refractivity contribution in [2.75, 3.05) is 10.8 Å². The van der Waals surface area contributed by atoms with Crippen LogP contribution in [-0.2, 0) is 16.6 Å². The van der Waals surface area contributed by atoms with Gasteiger partial charge >= 0.3 is 16.0 Å². The molecule has 8 nitrogen and oxygen atoms in total. The highest BCUT2D eigenvalue weighted by molar-refractivity contribution is 7.90. The molecular formula is C22H25FN4O4S. The van der Waals surface area contributed by atoms with Gasteiger partial charge in [0.25, 0.3) is 0 Å². The summed E-state index contributed by atoms with van der Waals surface area (Å²) in [7, 11) is -4.08. The second-order valence-electron chi connectivity index (χ2n) is 8.05. The van der Waals surface area contributed by atoms with Crippen LogP contribution in [-0.4, -0.2) is 25.2 Å². The fourth-order valence-electron chi connectivity index (χ4n) is 4.24. The molecule has 3 aromatic rings. The van der Waals surface area contributed by atoms with Crippen LogP contribution in [0.1, 0.15) is 53.4 Å². The second-order valence-corrected chi connectivity index (χ2v) is 9.67. The largest absolute Gasteiger partial charge is 0.434 e. The van der Waals surface area contributed by atoms with E-state index in [1.165, 1.54) is 10.4 Å². The van der Waals surface area contributed by atoms with Gasteiger partial charge in [0, 0.05) is 12.5 Å². The minimum absolute atomic E-state index is 0.156. The lowest BCUT2D eigenvalue weighted by molar-refractivity contribution is 0.376. The standard InChI is InChI=1S/C22H25FN4O4S/c1-13-10-11-17(23)19(14(13)2)15(3)20(21-24-25-22(28)31-21)26-32(29,30)27-12-6-8-16-7-4-5-9-18(16)27/h4-5,7,9-11,15,20,26H,6,8,12H2,1-3H3,(H,25,28)/t15-,20+/m1/s1. The summed E-state index contributed by atoms with van der Waals surface area (Å²) < 4.78 is 50.8. The number of H-pyrrole nitrogens is 1. The Morgan fingerprint density at radius 1 is 1.22 bits per heavy atom. The van der Waals surface area contributed by atoms with E-state index in [1.54, 1.807) is 32.0 Å². The van der Waals surface area contributed by atoms with E-state index < -0.39 is 33.7 Å². The Hall–Kier alpha value is -2.98. The Labute approximate surface area is 185 Å². The number of anilines is 1. The van der Waals surface area contributed by atoms with Crippen molar-refractivity contribution in [1.82, 2.24) is 14.9 Å². The monoisotopic (exact) mass is 460 g/mol. The van der Waals surface area contributed by atoms with Crippen molar-refractivity contribution < 1.29 is 17.2 Å². The number of aryl methyl sites for hydroxylation is 2. The highest BCUT2D eigenvalue weighted by Gasteiger charge is 2.36. The van der Waals surface area contributed by atoms with E-state index in [1.807, 2.05) is 19.1 Å². The first-order valence-electron chi connectivity index (χ1n) is 10.4. The molecule has 10 heteroatoms. The number of benzene rings is 2. The average Bonchev–Trinajstić information content (AvgIpc) is 3.20. The summed E-state index contributed by atoms with van der Waals surface area (Å²) >= 11 is 0. The molecule has 1 aromatic heterocycles. The first-order chi connectivity index (χ1) is 15.2. The van der Waals surface area contributed by atoms with Crippen LogP contribution in [0.3, 0.4) is 0 Å². The van der Waals surface area contributed by atoms with Gasteiger partial charge in [0.2, 0.25) is 5.89 Å². The molecule has 0 fully saturated rings. The highest BCUT2D eigenvalue weighted by Crippen LogP contribution is 2.36. The fourth-order valence-corrected chi connectivity index (χ4v) is 5.80. The number of aromatic amines is 1. The summed E-state index contributed by atoms with van der Waals surface area (Å²) in [5.74, 6) is -2.15. The average molecular weight is 461 g/mol. The van der Waals surface area contributed by atoms with E-state index in [9.17, 15) is 17.6 Å². The minimum Gasteiger partial charge on any atom is -0.391 e. The number of nitrogens with zero attached hydrogens (tertiary/aromatic N) is 2. The van der Waals surface area contributed by atoms with Gasteiger partial charge in [-0.15, -0.1) is 5.10 Å². The number of hydrogen-bond acceptors (Lipinski definition) is 5. The van der Waals surface area contributed by atoms with Gasteiger partial charge in [-0.05, 0) is 61.1 Å². The van der Waals surface area contributed by atoms with E-state index in [2.05, 4.69) is 14.9 Å². The summed E-state index contributed by atoms with van der Waals surface area (Å²) in [6, 6.07) is 9.21. The molecule has 2 atom stereocenters. The van der Waals surface area contributed by atoms with Crippen LogP contribution < -0.4 is 14.8 Å². The van der Waals surface area contributed by atoms with Gasteiger partial charge in [0.1, 0.15) is 11.9 Å². The van der Waals surface area contributed by atoms with Crippen molar-refractivity contribution in [2.24, 2.45) is 0 Å². The van der Waals surface area contributed by atoms with E-state index in [0.717, 1.165) is 17.5 Å². The molecule has 0 spiro atoms. The van der Waals surface area contributed by atoms with Crippen LogP contribution in [0.5, 0.6) is 0 Å². The molecule has 0 aliphatic carbocycles. The fraction of sp³-hybridized carbons (Fsp3) is 0.364. The molecule has 170 valence electrons. The van der Waals surface area contributed by atoms with Gasteiger partial charge in [-0.25, -0.2) is 14.3 Å². The molecule has 0 saturated carbocycles. The van der Waals surface area contributed by atoms with Gasteiger partial charge in [-0.3, -0.25) is 4.31 Å². The summed E-state index contributed by atoms with van der Waals surface area (Å²) in [5.41, 5.74) is 3.42. The van der Waals surface area contributed by atoms with Crippen LogP contribution in [0.15, 0.2) is 45.6 Å². The lowest BCUT2D eigenvalue weighted by atomic mass is 9.88. The van der Waals surface area contributed by atoms with Crippen molar-refractivity contribution in [3.8, 4) is 0 Å². The Kier molecular flexibility index (Phi) is 5.91. The van der Waals surface area contributed by atoms with Crippen molar-refractivity contribution >= 4 is 15.9 Å². The Morgan fingerprint density at radius 3 is 2.69 bits per heavy atom. The maximum Gasteiger partial charge on any atom is 0.434 e. The first-order valence-corrected chi connectivity index (χ1v) is 11.8. The van der Waals surface area contributed by atoms with Crippen LogP contribution in [0.2, 0.25) is 0 Å². The number of hydrogen-bond donors (Lipinski definition) is 2. The molecule has 0 unspecified atom stereocenters. The second kappa shape index (κ2) is 8.51. The van der Waals surface area contributed by atoms with E-state index in [0.29, 0.717) is 29.8 Å². The van der Waals surface area contributed by atoms with Gasteiger partial charge in [0.15, 0.2) is 0 Å². The molecule has 32 heavy (non-hydrogen) atoms. The normalized spacial score (nSPS) is 15.9. The maximum absolute atomic E-state index is 14.8. The molecule has 2 heterocycles. The SMILES string of the molecule is Cc1ccc(F)c([C@@H](C)[C@H](NS(=O)(=O)N2CCCc3ccccc32)c2n[nH]c(=O)o2)c1C. The molecule has 0 bridgehead atoms. The number of para-hydroxylation sites is 1. The summed E-state index contributed by atoms with van der Waals surface area (Å²) in [6.45, 7) is 5.60. The smallest absolute Gasteiger partial charge is 0.391 e. The summed E-state index contributed by atoms with van der Waals surface area (Å²) in [5, 5.41) is 6.01. The minimum atomic E-state index is -4.08. The van der Waals surface area contributed by atoms with E-state index >= 15 is 0 Å². The van der Waals surface area contributed by atoms with E-state index in [4.69, 9.17) is 4.42 Å². The quantitative estimate of drug-likeness (QED) is 0.587. The molecule has 0 radical (unpaired) electrons. The Bertz CT molecular complexity index is 1300. The number of rotatable bonds is 6. The van der Waals surface area contributed by atoms with Crippen LogP contribution in [0.4, 0.5) is 10.1 Å². The highest BCUT2D eigenvalue weighted by atomic mass is 32.2. The third-order valence-electron chi connectivity index (χ3n) is 6.04. The zero-order chi connectivity index (χ0) is 23.0. The number of nitrogens with one attached hydrogen (secondary N) is 2. The summed E-state index contributed by atoms with van der Waals surface area (Å²) in [6.07, 6.45) is 1.45. The predicted molar refractivity (Wildman–Crippen MR) is 118 cm³/mol. The van der Waals surface area contributed by atoms with E-state index in [-0.39, 0.29) is 5.89 Å². The zero-order valence-electron chi connectivity index (χ0n) is 18.1.